The summed E-state index contributed by atoms with van der Waals surface area (Å²) in [5, 5.41) is 12.3. The first-order valence-corrected chi connectivity index (χ1v) is 8.60. The minimum absolute atomic E-state index is 0.0450. The SMILES string of the molecule is CCC[C@@H](C)[NH2+]C[C@@H](O)COc1ccc(OC)cc1C(C)(C)C. The molecule has 0 spiro atoms. The molecule has 4 heteroatoms. The first-order chi connectivity index (χ1) is 10.8. The molecular formula is C19H34NO3+. The van der Waals surface area contributed by atoms with Crippen molar-refractivity contribution in [1.82, 2.24) is 0 Å². The van der Waals surface area contributed by atoms with Crippen LogP contribution in [-0.2, 0) is 5.41 Å². The average molecular weight is 324 g/mol. The molecule has 1 rings (SSSR count). The fraction of sp³-hybridized carbons (Fsp3) is 0.684. The predicted molar refractivity (Wildman–Crippen MR) is 94.4 cm³/mol. The van der Waals surface area contributed by atoms with Gasteiger partial charge in [0.2, 0.25) is 0 Å². The fourth-order valence-electron chi connectivity index (χ4n) is 2.56. The van der Waals surface area contributed by atoms with Gasteiger partial charge in [-0.25, -0.2) is 0 Å². The molecule has 0 aliphatic carbocycles. The lowest BCUT2D eigenvalue weighted by Gasteiger charge is -2.24. The van der Waals surface area contributed by atoms with E-state index in [-0.39, 0.29) is 5.41 Å². The minimum atomic E-state index is -0.468. The molecule has 2 atom stereocenters. The Morgan fingerprint density at radius 2 is 1.96 bits per heavy atom. The summed E-state index contributed by atoms with van der Waals surface area (Å²) in [4.78, 5) is 0. The van der Waals surface area contributed by atoms with Crippen LogP contribution in [0.25, 0.3) is 0 Å². The van der Waals surface area contributed by atoms with Gasteiger partial charge in [-0.2, -0.15) is 0 Å². The summed E-state index contributed by atoms with van der Waals surface area (Å²) in [5.41, 5.74) is 1.05. The second-order valence-corrected chi connectivity index (χ2v) is 7.31. The molecule has 3 N–H and O–H groups in total. The van der Waals surface area contributed by atoms with Crippen LogP contribution in [0.5, 0.6) is 11.5 Å². The third kappa shape index (κ3) is 6.80. The van der Waals surface area contributed by atoms with Crippen molar-refractivity contribution in [3.05, 3.63) is 23.8 Å². The maximum Gasteiger partial charge on any atom is 0.137 e. The molecule has 4 nitrogen and oxygen atoms in total. The predicted octanol–water partition coefficient (Wildman–Crippen LogP) is 2.48. The number of aliphatic hydroxyl groups is 1. The molecule has 1 aromatic rings. The van der Waals surface area contributed by atoms with Gasteiger partial charge in [0.05, 0.1) is 13.2 Å². The van der Waals surface area contributed by atoms with Crippen LogP contribution in [0.1, 0.15) is 53.0 Å². The molecule has 0 aliphatic rings. The number of rotatable bonds is 9. The number of hydrogen-bond donors (Lipinski definition) is 2. The first kappa shape index (κ1) is 19.8. The van der Waals surface area contributed by atoms with Crippen molar-refractivity contribution in [2.75, 3.05) is 20.3 Å². The van der Waals surface area contributed by atoms with Crippen LogP contribution >= 0.6 is 0 Å². The minimum Gasteiger partial charge on any atom is -0.497 e. The number of nitrogens with two attached hydrogens (primary N) is 1. The summed E-state index contributed by atoms with van der Waals surface area (Å²) in [6.07, 6.45) is 1.87. The molecule has 0 bridgehead atoms. The van der Waals surface area contributed by atoms with Gasteiger partial charge in [0.25, 0.3) is 0 Å². The largest absolute Gasteiger partial charge is 0.497 e. The molecule has 0 saturated carbocycles. The van der Waals surface area contributed by atoms with E-state index in [9.17, 15) is 5.11 Å². The van der Waals surface area contributed by atoms with Gasteiger partial charge in [-0.05, 0) is 37.0 Å². The Balaban J connectivity index is 2.63. The highest BCUT2D eigenvalue weighted by Crippen LogP contribution is 2.34. The van der Waals surface area contributed by atoms with E-state index in [1.54, 1.807) is 7.11 Å². The Bertz CT molecular complexity index is 468. The second-order valence-electron chi connectivity index (χ2n) is 7.31. The zero-order chi connectivity index (χ0) is 17.5. The Hall–Kier alpha value is -1.26. The van der Waals surface area contributed by atoms with Gasteiger partial charge in [-0.1, -0.05) is 34.1 Å². The van der Waals surface area contributed by atoms with Crippen LogP contribution in [0.2, 0.25) is 0 Å². The van der Waals surface area contributed by atoms with Gasteiger partial charge >= 0.3 is 0 Å². The fourth-order valence-corrected chi connectivity index (χ4v) is 2.56. The topological polar surface area (TPSA) is 55.3 Å². The zero-order valence-corrected chi connectivity index (χ0v) is 15.6. The number of methoxy groups -OCH3 is 1. The summed E-state index contributed by atoms with van der Waals surface area (Å²) in [7, 11) is 1.67. The summed E-state index contributed by atoms with van der Waals surface area (Å²) in [6, 6.07) is 6.37. The standard InChI is InChI=1S/C19H33NO3/c1-7-8-14(2)20-12-15(21)13-23-18-10-9-16(22-6)11-17(18)19(3,4)5/h9-11,14-15,20-21H,7-8,12-13H2,1-6H3/p+1/t14-,15-/m1/s1. The molecule has 0 aromatic heterocycles. The van der Waals surface area contributed by atoms with E-state index < -0.39 is 6.10 Å². The van der Waals surface area contributed by atoms with Crippen LogP contribution in [0, 0.1) is 0 Å². The number of quaternary nitrogens is 1. The van der Waals surface area contributed by atoms with E-state index in [1.165, 1.54) is 12.8 Å². The molecule has 0 heterocycles. The summed E-state index contributed by atoms with van der Waals surface area (Å²) < 4.78 is 11.2. The van der Waals surface area contributed by atoms with E-state index in [2.05, 4.69) is 39.9 Å². The molecule has 0 fully saturated rings. The average Bonchev–Trinajstić information content (AvgIpc) is 2.50. The summed E-state index contributed by atoms with van der Waals surface area (Å²) >= 11 is 0. The zero-order valence-electron chi connectivity index (χ0n) is 15.6. The van der Waals surface area contributed by atoms with Crippen molar-refractivity contribution >= 4 is 0 Å². The van der Waals surface area contributed by atoms with Gasteiger partial charge in [-0.15, -0.1) is 0 Å². The molecule has 0 unspecified atom stereocenters. The molecule has 0 aliphatic heterocycles. The molecule has 0 radical (unpaired) electrons. The molecular weight excluding hydrogens is 290 g/mol. The van der Waals surface area contributed by atoms with Crippen LogP contribution in [0.15, 0.2) is 18.2 Å². The highest BCUT2D eigenvalue weighted by Gasteiger charge is 2.21. The van der Waals surface area contributed by atoms with Crippen molar-refractivity contribution in [1.29, 1.82) is 0 Å². The second kappa shape index (κ2) is 9.14. The maximum atomic E-state index is 10.1. The summed E-state index contributed by atoms with van der Waals surface area (Å²) in [5.74, 6) is 1.64. The quantitative estimate of drug-likeness (QED) is 0.734. The normalized spacial score (nSPS) is 14.4. The van der Waals surface area contributed by atoms with E-state index in [0.717, 1.165) is 17.1 Å². The highest BCUT2D eigenvalue weighted by molar-refractivity contribution is 5.44. The van der Waals surface area contributed by atoms with E-state index in [1.807, 2.05) is 18.2 Å². The van der Waals surface area contributed by atoms with Crippen molar-refractivity contribution in [2.24, 2.45) is 0 Å². The van der Waals surface area contributed by atoms with Gasteiger partial charge in [-0.3, -0.25) is 0 Å². The monoisotopic (exact) mass is 324 g/mol. The van der Waals surface area contributed by atoms with Gasteiger partial charge in [0.1, 0.15) is 30.8 Å². The molecule has 1 aromatic carbocycles. The highest BCUT2D eigenvalue weighted by atomic mass is 16.5. The first-order valence-electron chi connectivity index (χ1n) is 8.60. The van der Waals surface area contributed by atoms with Crippen molar-refractivity contribution < 1.29 is 19.9 Å². The molecule has 23 heavy (non-hydrogen) atoms. The molecule has 0 saturated heterocycles. The molecule has 132 valence electrons. The van der Waals surface area contributed by atoms with Gasteiger partial charge in [0.15, 0.2) is 0 Å². The van der Waals surface area contributed by atoms with Crippen LogP contribution in [0.4, 0.5) is 0 Å². The number of benzene rings is 1. The lowest BCUT2D eigenvalue weighted by molar-refractivity contribution is -0.692. The van der Waals surface area contributed by atoms with Crippen LogP contribution < -0.4 is 14.8 Å². The maximum absolute atomic E-state index is 10.1. The smallest absolute Gasteiger partial charge is 0.137 e. The lowest BCUT2D eigenvalue weighted by atomic mass is 9.86. The Morgan fingerprint density at radius 1 is 1.26 bits per heavy atom. The number of aliphatic hydroxyl groups excluding tert-OH is 1. The van der Waals surface area contributed by atoms with Gasteiger partial charge < -0.3 is 19.9 Å². The Labute approximate surface area is 141 Å². The van der Waals surface area contributed by atoms with Crippen molar-refractivity contribution in [3.63, 3.8) is 0 Å². The Morgan fingerprint density at radius 3 is 2.52 bits per heavy atom. The third-order valence-electron chi connectivity index (χ3n) is 3.98. The van der Waals surface area contributed by atoms with E-state index in [0.29, 0.717) is 19.2 Å². The Kier molecular flexibility index (Phi) is 7.86. The third-order valence-corrected chi connectivity index (χ3v) is 3.98. The summed E-state index contributed by atoms with van der Waals surface area (Å²) in [6.45, 7) is 11.8. The van der Waals surface area contributed by atoms with Crippen LogP contribution in [-0.4, -0.2) is 37.5 Å². The number of ether oxygens (including phenoxy) is 2. The van der Waals surface area contributed by atoms with E-state index >= 15 is 0 Å². The lowest BCUT2D eigenvalue weighted by Crippen LogP contribution is -2.91. The number of hydrogen-bond acceptors (Lipinski definition) is 3. The van der Waals surface area contributed by atoms with Crippen LogP contribution in [0.3, 0.4) is 0 Å². The van der Waals surface area contributed by atoms with Crippen molar-refractivity contribution in [2.45, 2.75) is 65.0 Å². The van der Waals surface area contributed by atoms with Crippen molar-refractivity contribution in [3.8, 4) is 11.5 Å². The van der Waals surface area contributed by atoms with E-state index in [4.69, 9.17) is 9.47 Å². The van der Waals surface area contributed by atoms with Gasteiger partial charge in [0, 0.05) is 5.56 Å². The molecule has 0 amide bonds.